The van der Waals surface area contributed by atoms with Gasteiger partial charge >= 0.3 is 11.9 Å². The minimum atomic E-state index is -4.33. The quantitative estimate of drug-likeness (QED) is 0.150. The Morgan fingerprint density at radius 1 is 0.935 bits per heavy atom. The summed E-state index contributed by atoms with van der Waals surface area (Å²) in [7, 11) is -2.69. The molecule has 0 atom stereocenters. The summed E-state index contributed by atoms with van der Waals surface area (Å²) in [6.07, 6.45) is 7.15. The van der Waals surface area contributed by atoms with Crippen molar-refractivity contribution in [1.29, 1.82) is 0 Å². The molecule has 0 amide bonds. The number of nitrogens with zero attached hydrogens (tertiary/aromatic N) is 4. The second-order valence-electron chi connectivity index (χ2n) is 10.2. The van der Waals surface area contributed by atoms with Gasteiger partial charge in [0.15, 0.2) is 11.0 Å². The second kappa shape index (κ2) is 15.2. The number of hydrogen-bond acceptors (Lipinski definition) is 9. The van der Waals surface area contributed by atoms with Crippen LogP contribution in [-0.2, 0) is 37.4 Å². The number of methoxy groups -OCH3 is 1. The van der Waals surface area contributed by atoms with Crippen LogP contribution >= 0.6 is 0 Å². The molecule has 1 aliphatic rings. The average Bonchev–Trinajstić information content (AvgIpc) is 3.49. The number of rotatable bonds is 14. The number of ether oxygens (including phenoxy) is 3. The summed E-state index contributed by atoms with van der Waals surface area (Å²) < 4.78 is 51.9. The number of benzene rings is 2. The molecule has 1 aromatic heterocycles. The van der Waals surface area contributed by atoms with Crippen molar-refractivity contribution in [3.8, 4) is 0 Å². The molecule has 0 spiro atoms. The highest BCUT2D eigenvalue weighted by atomic mass is 32.2. The summed E-state index contributed by atoms with van der Waals surface area (Å²) >= 11 is 0. The topological polar surface area (TPSA) is 131 Å². The molecule has 2 heterocycles. The summed E-state index contributed by atoms with van der Waals surface area (Å²) in [6, 6.07) is 10.8. The van der Waals surface area contributed by atoms with Crippen LogP contribution in [0, 0.1) is 0 Å². The van der Waals surface area contributed by atoms with Gasteiger partial charge in [0, 0.05) is 32.3 Å². The van der Waals surface area contributed by atoms with E-state index >= 15 is 0 Å². The van der Waals surface area contributed by atoms with Gasteiger partial charge in [-0.3, -0.25) is 4.55 Å². The van der Waals surface area contributed by atoms with Gasteiger partial charge in [0.2, 0.25) is 0 Å². The molecule has 12 nitrogen and oxygen atoms in total. The SMILES string of the molecule is CCOC(=O)c1ccc2c(c1)N(CCOC)C(=CC=Cc1n(CC=CS(=O)(=O)O)c3cc(C(=O)OCC)ccc3[n+]1CC)N2CC. The first-order valence-corrected chi connectivity index (χ1v) is 16.7. The van der Waals surface area contributed by atoms with E-state index in [4.69, 9.17) is 14.2 Å². The highest BCUT2D eigenvalue weighted by Crippen LogP contribution is 2.42. The van der Waals surface area contributed by atoms with Gasteiger partial charge in [-0.2, -0.15) is 8.42 Å². The number of allylic oxidation sites excluding steroid dienone is 3. The van der Waals surface area contributed by atoms with Crippen LogP contribution in [0.2, 0.25) is 0 Å². The van der Waals surface area contributed by atoms with E-state index in [-0.39, 0.29) is 25.7 Å². The lowest BCUT2D eigenvalue weighted by Crippen LogP contribution is -2.35. The lowest BCUT2D eigenvalue weighted by molar-refractivity contribution is -0.670. The van der Waals surface area contributed by atoms with Crippen LogP contribution in [0.5, 0.6) is 0 Å². The van der Waals surface area contributed by atoms with E-state index < -0.39 is 16.1 Å². The normalized spacial score (nSPS) is 14.3. The number of anilines is 2. The standard InChI is InChI=1S/C33H40N4O8S/c1-6-34-26-16-14-24(32(38)44-8-3)22-28(26)36(18-11-21-46(40,41)42)30(34)12-10-13-31-35(7-2)27-17-15-25(33(39)45-9-4)23-29(27)37(31)19-20-43-5/h10-17,21-23H,6-9,18-20H2,1-5H3/p+1. The Morgan fingerprint density at radius 3 is 2.22 bits per heavy atom. The number of hydrogen-bond donors (Lipinski definition) is 1. The van der Waals surface area contributed by atoms with E-state index in [1.807, 2.05) is 54.8 Å². The summed E-state index contributed by atoms with van der Waals surface area (Å²) in [4.78, 5) is 29.3. The number of aromatic nitrogens is 2. The monoisotopic (exact) mass is 653 g/mol. The predicted molar refractivity (Wildman–Crippen MR) is 176 cm³/mol. The first-order chi connectivity index (χ1) is 22.1. The molecule has 2 aromatic carbocycles. The van der Waals surface area contributed by atoms with Crippen molar-refractivity contribution in [2.24, 2.45) is 0 Å². The van der Waals surface area contributed by atoms with Gasteiger partial charge in [0.25, 0.3) is 15.9 Å². The smallest absolute Gasteiger partial charge is 0.338 e. The van der Waals surface area contributed by atoms with E-state index in [9.17, 15) is 22.6 Å². The van der Waals surface area contributed by atoms with Crippen molar-refractivity contribution in [3.63, 3.8) is 0 Å². The van der Waals surface area contributed by atoms with Gasteiger partial charge in [0.1, 0.15) is 12.4 Å². The maximum Gasteiger partial charge on any atom is 0.338 e. The summed E-state index contributed by atoms with van der Waals surface area (Å²) in [5, 5.41) is 0.743. The van der Waals surface area contributed by atoms with Crippen LogP contribution in [0.3, 0.4) is 0 Å². The van der Waals surface area contributed by atoms with Crippen LogP contribution < -0.4 is 14.4 Å². The molecular formula is C33H41N4O8S+. The molecule has 0 saturated carbocycles. The molecule has 0 bridgehead atoms. The first-order valence-electron chi connectivity index (χ1n) is 15.2. The molecule has 0 saturated heterocycles. The molecule has 3 aromatic rings. The summed E-state index contributed by atoms with van der Waals surface area (Å²) in [5.41, 5.74) is 4.17. The Kier molecular flexibility index (Phi) is 11.4. The molecule has 246 valence electrons. The zero-order valence-corrected chi connectivity index (χ0v) is 27.6. The maximum atomic E-state index is 12.5. The Balaban J connectivity index is 1.83. The van der Waals surface area contributed by atoms with E-state index in [1.54, 1.807) is 39.2 Å². The van der Waals surface area contributed by atoms with Crippen molar-refractivity contribution in [2.75, 3.05) is 49.8 Å². The van der Waals surface area contributed by atoms with Gasteiger partial charge in [-0.1, -0.05) is 6.08 Å². The van der Waals surface area contributed by atoms with Gasteiger partial charge in [-0.15, -0.1) is 0 Å². The molecule has 46 heavy (non-hydrogen) atoms. The predicted octanol–water partition coefficient (Wildman–Crippen LogP) is 4.55. The third kappa shape index (κ3) is 7.49. The minimum absolute atomic E-state index is 0.106. The van der Waals surface area contributed by atoms with Gasteiger partial charge in [-0.05, 0) is 70.2 Å². The zero-order chi connectivity index (χ0) is 33.4. The van der Waals surface area contributed by atoms with Crippen molar-refractivity contribution in [1.82, 2.24) is 4.57 Å². The molecule has 1 aliphatic heterocycles. The molecule has 0 radical (unpaired) electrons. The number of aryl methyl sites for hydroxylation is 1. The number of imidazole rings is 1. The van der Waals surface area contributed by atoms with E-state index in [0.717, 1.165) is 33.9 Å². The third-order valence-electron chi connectivity index (χ3n) is 7.44. The highest BCUT2D eigenvalue weighted by molar-refractivity contribution is 7.88. The number of esters is 2. The maximum absolute atomic E-state index is 12.5. The molecule has 4 rings (SSSR count). The van der Waals surface area contributed by atoms with Crippen LogP contribution in [0.1, 0.15) is 54.2 Å². The Hall–Kier alpha value is -4.46. The zero-order valence-electron chi connectivity index (χ0n) is 26.8. The first kappa shape index (κ1) is 34.4. The number of carbonyl (C=O) groups excluding carboxylic acids is 2. The molecule has 0 fully saturated rings. The third-order valence-corrected chi connectivity index (χ3v) is 7.98. The molecule has 13 heteroatoms. The largest absolute Gasteiger partial charge is 0.462 e. The summed E-state index contributed by atoms with van der Waals surface area (Å²) in [6.45, 7) is 10.4. The fourth-order valence-corrected chi connectivity index (χ4v) is 5.86. The lowest BCUT2D eigenvalue weighted by atomic mass is 10.1. The number of fused-ring (bicyclic) bond motifs is 2. The van der Waals surface area contributed by atoms with Crippen molar-refractivity contribution in [2.45, 2.75) is 40.8 Å². The van der Waals surface area contributed by atoms with Crippen molar-refractivity contribution in [3.05, 3.63) is 82.8 Å². The van der Waals surface area contributed by atoms with Crippen LogP contribution in [-0.4, -0.2) is 69.5 Å². The fraction of sp³-hybridized carbons (Fsp3) is 0.364. The van der Waals surface area contributed by atoms with E-state index in [1.165, 1.54) is 6.08 Å². The fourth-order valence-electron chi connectivity index (χ4n) is 5.53. The van der Waals surface area contributed by atoms with E-state index in [0.29, 0.717) is 42.9 Å². The Morgan fingerprint density at radius 2 is 1.61 bits per heavy atom. The Bertz CT molecular complexity index is 1790. The molecule has 1 N–H and O–H groups in total. The van der Waals surface area contributed by atoms with Crippen LogP contribution in [0.15, 0.2) is 65.9 Å². The van der Waals surface area contributed by atoms with Crippen molar-refractivity contribution >= 4 is 50.5 Å². The van der Waals surface area contributed by atoms with Crippen LogP contribution in [0.25, 0.3) is 17.1 Å². The van der Waals surface area contributed by atoms with Gasteiger partial charge in [-0.25, -0.2) is 18.7 Å². The van der Waals surface area contributed by atoms with Gasteiger partial charge < -0.3 is 24.0 Å². The minimum Gasteiger partial charge on any atom is -0.462 e. The van der Waals surface area contributed by atoms with Crippen molar-refractivity contribution < 1.29 is 41.3 Å². The van der Waals surface area contributed by atoms with Crippen LogP contribution in [0.4, 0.5) is 11.4 Å². The Labute approximate surface area is 269 Å². The molecule has 0 aliphatic carbocycles. The highest BCUT2D eigenvalue weighted by Gasteiger charge is 2.31. The molecular weight excluding hydrogens is 612 g/mol. The molecule has 0 unspecified atom stereocenters. The lowest BCUT2D eigenvalue weighted by Gasteiger charge is -2.24. The summed E-state index contributed by atoms with van der Waals surface area (Å²) in [5.74, 6) is 0.775. The average molecular weight is 654 g/mol. The number of carbonyl (C=O) groups is 2. The second-order valence-corrected chi connectivity index (χ2v) is 11.5. The van der Waals surface area contributed by atoms with Gasteiger partial charge in [0.05, 0.1) is 54.3 Å². The van der Waals surface area contributed by atoms with E-state index in [2.05, 4.69) is 14.4 Å².